The third-order valence-electron chi connectivity index (χ3n) is 4.86. The van der Waals surface area contributed by atoms with E-state index in [-0.39, 0.29) is 24.4 Å². The Balaban J connectivity index is 1.42. The quantitative estimate of drug-likeness (QED) is 0.482. The lowest BCUT2D eigenvalue weighted by Crippen LogP contribution is -2.27. The van der Waals surface area contributed by atoms with Gasteiger partial charge >= 0.3 is 0 Å². The second-order valence-electron chi connectivity index (χ2n) is 7.04. The lowest BCUT2D eigenvalue weighted by atomic mass is 10.1. The second-order valence-corrected chi connectivity index (χ2v) is 7.04. The normalized spacial score (nSPS) is 11.7. The lowest BCUT2D eigenvalue weighted by Gasteiger charge is -2.17. The number of amides is 1. The highest BCUT2D eigenvalue weighted by Gasteiger charge is 2.16. The van der Waals surface area contributed by atoms with E-state index in [0.29, 0.717) is 11.3 Å². The maximum absolute atomic E-state index is 13.1. The Kier molecular flexibility index (Phi) is 6.03. The molecule has 0 bridgehead atoms. The molecule has 0 fully saturated rings. The summed E-state index contributed by atoms with van der Waals surface area (Å²) in [5.74, 6) is -0.0625. The van der Waals surface area contributed by atoms with Gasteiger partial charge in [0.25, 0.3) is 5.91 Å². The predicted octanol–water partition coefficient (Wildman–Crippen LogP) is 4.48. The van der Waals surface area contributed by atoms with Gasteiger partial charge in [-0.3, -0.25) is 4.79 Å². The summed E-state index contributed by atoms with van der Waals surface area (Å²) in [6, 6.07) is 20.7. The van der Waals surface area contributed by atoms with Crippen LogP contribution in [-0.2, 0) is 6.61 Å². The summed E-state index contributed by atoms with van der Waals surface area (Å²) in [6.45, 7) is 2.16. The molecule has 0 spiro atoms. The molecule has 156 valence electrons. The maximum Gasteiger partial charge on any atom is 0.255 e. The number of ether oxygens (including phenoxy) is 1. The Bertz CT molecular complexity index is 1140. The van der Waals surface area contributed by atoms with Gasteiger partial charge in [0.05, 0.1) is 17.3 Å². The zero-order valence-electron chi connectivity index (χ0n) is 16.9. The van der Waals surface area contributed by atoms with Crippen molar-refractivity contribution in [1.82, 2.24) is 20.1 Å². The summed E-state index contributed by atoms with van der Waals surface area (Å²) in [5.41, 5.74) is 3.11. The van der Waals surface area contributed by atoms with Gasteiger partial charge in [0.2, 0.25) is 0 Å². The number of nitrogens with one attached hydrogen (secondary N) is 1. The topological polar surface area (TPSA) is 69.0 Å². The highest BCUT2D eigenvalue weighted by molar-refractivity contribution is 5.97. The van der Waals surface area contributed by atoms with Crippen LogP contribution < -0.4 is 10.1 Å². The van der Waals surface area contributed by atoms with Crippen LogP contribution in [0.1, 0.15) is 34.5 Å². The molecule has 0 radical (unpaired) electrons. The molecular formula is C24H21FN4O2. The van der Waals surface area contributed by atoms with Crippen LogP contribution in [0.2, 0.25) is 0 Å². The number of aromatic nitrogens is 3. The van der Waals surface area contributed by atoms with E-state index in [1.54, 1.807) is 41.3 Å². The van der Waals surface area contributed by atoms with Gasteiger partial charge in [-0.05, 0) is 54.4 Å². The van der Waals surface area contributed by atoms with E-state index in [1.165, 1.54) is 18.5 Å². The van der Waals surface area contributed by atoms with Crippen molar-refractivity contribution in [2.45, 2.75) is 19.6 Å². The molecule has 4 aromatic rings. The van der Waals surface area contributed by atoms with Crippen LogP contribution in [0.3, 0.4) is 0 Å². The first-order valence-electron chi connectivity index (χ1n) is 9.82. The summed E-state index contributed by atoms with van der Waals surface area (Å²) in [6.07, 6.45) is 3.11. The van der Waals surface area contributed by atoms with Crippen LogP contribution in [0.4, 0.5) is 4.39 Å². The van der Waals surface area contributed by atoms with E-state index in [1.807, 2.05) is 37.3 Å². The molecule has 1 N–H and O–H groups in total. The van der Waals surface area contributed by atoms with Crippen molar-refractivity contribution in [2.24, 2.45) is 0 Å². The molecule has 6 nitrogen and oxygen atoms in total. The molecule has 1 amide bonds. The molecule has 0 saturated heterocycles. The number of carbonyl (C=O) groups excluding carboxylic acids is 1. The zero-order chi connectivity index (χ0) is 21.6. The number of hydrogen-bond donors (Lipinski definition) is 1. The Hall–Kier alpha value is -4.00. The Morgan fingerprint density at radius 3 is 2.52 bits per heavy atom. The number of benzene rings is 3. The number of hydrogen-bond acceptors (Lipinski definition) is 4. The predicted molar refractivity (Wildman–Crippen MR) is 114 cm³/mol. The smallest absolute Gasteiger partial charge is 0.255 e. The van der Waals surface area contributed by atoms with Crippen LogP contribution in [0.25, 0.3) is 5.69 Å². The van der Waals surface area contributed by atoms with Crippen LogP contribution >= 0.6 is 0 Å². The number of nitrogens with zero attached hydrogens (tertiary/aromatic N) is 3. The summed E-state index contributed by atoms with van der Waals surface area (Å²) in [4.78, 5) is 16.8. The van der Waals surface area contributed by atoms with Gasteiger partial charge in [-0.15, -0.1) is 0 Å². The number of carbonyl (C=O) groups is 1. The summed E-state index contributed by atoms with van der Waals surface area (Å²) >= 11 is 0. The van der Waals surface area contributed by atoms with Crippen molar-refractivity contribution >= 4 is 5.91 Å². The molecule has 3 aromatic carbocycles. The van der Waals surface area contributed by atoms with Gasteiger partial charge in [-0.1, -0.05) is 36.4 Å². The Morgan fingerprint density at radius 2 is 1.81 bits per heavy atom. The van der Waals surface area contributed by atoms with Gasteiger partial charge < -0.3 is 10.1 Å². The van der Waals surface area contributed by atoms with E-state index in [2.05, 4.69) is 15.4 Å². The van der Waals surface area contributed by atoms with Crippen LogP contribution in [0.5, 0.6) is 5.75 Å². The molecule has 1 atom stereocenters. The fourth-order valence-corrected chi connectivity index (χ4v) is 3.14. The SMILES string of the molecule is C[C@@H](NC(=O)c1ccccc1OCc1ccc(F)cc1)c1ccc(-n2cncn2)cc1. The van der Waals surface area contributed by atoms with Crippen molar-refractivity contribution in [3.05, 3.63) is 108 Å². The van der Waals surface area contributed by atoms with E-state index in [4.69, 9.17) is 4.74 Å². The van der Waals surface area contributed by atoms with Crippen molar-refractivity contribution in [3.63, 3.8) is 0 Å². The minimum atomic E-state index is -0.299. The largest absolute Gasteiger partial charge is 0.488 e. The molecule has 31 heavy (non-hydrogen) atoms. The van der Waals surface area contributed by atoms with Crippen LogP contribution in [0, 0.1) is 5.82 Å². The van der Waals surface area contributed by atoms with Gasteiger partial charge in [0, 0.05) is 0 Å². The van der Waals surface area contributed by atoms with Crippen molar-refractivity contribution < 1.29 is 13.9 Å². The molecular weight excluding hydrogens is 395 g/mol. The second kappa shape index (κ2) is 9.21. The average Bonchev–Trinajstić information content (AvgIpc) is 3.34. The molecule has 0 saturated carbocycles. The van der Waals surface area contributed by atoms with Gasteiger partial charge in [0.1, 0.15) is 30.8 Å². The monoisotopic (exact) mass is 416 g/mol. The molecule has 7 heteroatoms. The molecule has 0 unspecified atom stereocenters. The van der Waals surface area contributed by atoms with Crippen molar-refractivity contribution in [2.75, 3.05) is 0 Å². The van der Waals surface area contributed by atoms with Crippen LogP contribution in [-0.4, -0.2) is 20.7 Å². The minimum Gasteiger partial charge on any atom is -0.488 e. The highest BCUT2D eigenvalue weighted by Crippen LogP contribution is 2.22. The lowest BCUT2D eigenvalue weighted by molar-refractivity contribution is 0.0935. The molecule has 1 heterocycles. The first kappa shape index (κ1) is 20.3. The van der Waals surface area contributed by atoms with Gasteiger partial charge in [-0.2, -0.15) is 5.10 Å². The zero-order valence-corrected chi connectivity index (χ0v) is 16.9. The molecule has 0 aliphatic rings. The summed E-state index contributed by atoms with van der Waals surface area (Å²) < 4.78 is 20.6. The van der Waals surface area contributed by atoms with E-state index in [9.17, 15) is 9.18 Å². The minimum absolute atomic E-state index is 0.206. The molecule has 0 aliphatic heterocycles. The van der Waals surface area contributed by atoms with Gasteiger partial charge in [-0.25, -0.2) is 14.1 Å². The highest BCUT2D eigenvalue weighted by atomic mass is 19.1. The molecule has 1 aromatic heterocycles. The first-order chi connectivity index (χ1) is 15.1. The van der Waals surface area contributed by atoms with E-state index in [0.717, 1.165) is 16.8 Å². The van der Waals surface area contributed by atoms with Crippen molar-refractivity contribution in [3.8, 4) is 11.4 Å². The molecule has 0 aliphatic carbocycles. The van der Waals surface area contributed by atoms with E-state index >= 15 is 0 Å². The van der Waals surface area contributed by atoms with Crippen LogP contribution in [0.15, 0.2) is 85.5 Å². The number of rotatable bonds is 7. The molecule has 4 rings (SSSR count). The fraction of sp³-hybridized carbons (Fsp3) is 0.125. The fourth-order valence-electron chi connectivity index (χ4n) is 3.14. The van der Waals surface area contributed by atoms with Crippen molar-refractivity contribution in [1.29, 1.82) is 0 Å². The summed E-state index contributed by atoms with van der Waals surface area (Å²) in [7, 11) is 0. The summed E-state index contributed by atoms with van der Waals surface area (Å²) in [5, 5.41) is 7.12. The third kappa shape index (κ3) is 4.95. The Labute approximate surface area is 179 Å². The first-order valence-corrected chi connectivity index (χ1v) is 9.82. The number of para-hydroxylation sites is 1. The Morgan fingerprint density at radius 1 is 1.06 bits per heavy atom. The average molecular weight is 416 g/mol. The van der Waals surface area contributed by atoms with E-state index < -0.39 is 0 Å². The van der Waals surface area contributed by atoms with Gasteiger partial charge in [0.15, 0.2) is 0 Å². The number of halogens is 1. The standard InChI is InChI=1S/C24H21FN4O2/c1-17(19-8-12-21(13-9-19)29-16-26-15-27-29)28-24(30)22-4-2-3-5-23(22)31-14-18-6-10-20(25)11-7-18/h2-13,15-17H,14H2,1H3,(H,28,30)/t17-/m1/s1. The third-order valence-corrected chi connectivity index (χ3v) is 4.86. The maximum atomic E-state index is 13.1.